The topological polar surface area (TPSA) is 80.5 Å². The lowest BCUT2D eigenvalue weighted by Crippen LogP contribution is -2.42. The number of likely N-dealkylation sites (tertiary alicyclic amines) is 1. The summed E-state index contributed by atoms with van der Waals surface area (Å²) < 4.78 is 11.2. The highest BCUT2D eigenvalue weighted by molar-refractivity contribution is 5.79. The van der Waals surface area contributed by atoms with Crippen molar-refractivity contribution < 1.29 is 14.1 Å². The zero-order valence-electron chi connectivity index (χ0n) is 22.1. The van der Waals surface area contributed by atoms with Crippen molar-refractivity contribution in [2.45, 2.75) is 72.1 Å². The number of benzene rings is 2. The minimum Gasteiger partial charge on any atom is -0.491 e. The number of nitrogens with one attached hydrogen (secondary N) is 1. The highest BCUT2D eigenvalue weighted by Gasteiger charge is 2.27. The minimum atomic E-state index is -0.0466. The molecule has 1 aromatic heterocycles. The van der Waals surface area contributed by atoms with Gasteiger partial charge in [0.1, 0.15) is 5.75 Å². The minimum absolute atomic E-state index is 0.0466. The molecule has 3 aromatic rings. The number of rotatable bonds is 8. The fourth-order valence-electron chi connectivity index (χ4n) is 4.45. The van der Waals surface area contributed by atoms with E-state index in [1.807, 2.05) is 50.2 Å². The van der Waals surface area contributed by atoms with Crippen molar-refractivity contribution in [3.8, 4) is 17.1 Å². The zero-order valence-corrected chi connectivity index (χ0v) is 22.1. The lowest BCUT2D eigenvalue weighted by Gasteiger charge is -2.30. The highest BCUT2D eigenvalue weighted by Crippen LogP contribution is 2.25. The number of carbonyl (C=O) groups excluding carboxylic acids is 1. The molecule has 0 radical (unpaired) electrons. The van der Waals surface area contributed by atoms with Crippen LogP contribution in [0.4, 0.5) is 0 Å². The molecule has 0 aliphatic carbocycles. The summed E-state index contributed by atoms with van der Waals surface area (Å²) in [5, 5.41) is 7.28. The van der Waals surface area contributed by atoms with E-state index in [1.165, 1.54) is 5.56 Å². The summed E-state index contributed by atoms with van der Waals surface area (Å²) in [6.07, 6.45) is 2.00. The van der Waals surface area contributed by atoms with Crippen LogP contribution in [-0.2, 0) is 23.3 Å². The molecule has 1 atom stereocenters. The smallest absolute Gasteiger partial charge is 0.241 e. The molecule has 36 heavy (non-hydrogen) atoms. The maximum absolute atomic E-state index is 12.9. The van der Waals surface area contributed by atoms with Crippen molar-refractivity contribution in [2.24, 2.45) is 5.92 Å². The predicted octanol–water partition coefficient (Wildman–Crippen LogP) is 5.35. The average molecular weight is 491 g/mol. The Hall–Kier alpha value is -3.19. The fraction of sp³-hybridized carbons (Fsp3) is 0.483. The van der Waals surface area contributed by atoms with Crippen LogP contribution in [0.2, 0.25) is 0 Å². The second kappa shape index (κ2) is 11.2. The van der Waals surface area contributed by atoms with Gasteiger partial charge in [-0.25, -0.2) is 0 Å². The van der Waals surface area contributed by atoms with Crippen LogP contribution in [0.3, 0.4) is 0 Å². The number of hydrogen-bond donors (Lipinski definition) is 1. The van der Waals surface area contributed by atoms with Crippen molar-refractivity contribution in [2.75, 3.05) is 13.1 Å². The van der Waals surface area contributed by atoms with Gasteiger partial charge >= 0.3 is 0 Å². The van der Waals surface area contributed by atoms with Crippen LogP contribution in [0.1, 0.15) is 64.5 Å². The van der Waals surface area contributed by atoms with Gasteiger partial charge in [-0.05, 0) is 61.9 Å². The van der Waals surface area contributed by atoms with Gasteiger partial charge in [0.25, 0.3) is 0 Å². The largest absolute Gasteiger partial charge is 0.491 e. The Morgan fingerprint density at radius 2 is 1.86 bits per heavy atom. The van der Waals surface area contributed by atoms with E-state index in [2.05, 4.69) is 53.3 Å². The Morgan fingerprint density at radius 3 is 2.53 bits per heavy atom. The molecule has 2 aromatic carbocycles. The molecular formula is C29H38N4O3. The van der Waals surface area contributed by atoms with E-state index in [4.69, 9.17) is 9.26 Å². The van der Waals surface area contributed by atoms with Crippen LogP contribution < -0.4 is 10.1 Å². The highest BCUT2D eigenvalue weighted by atomic mass is 16.5. The van der Waals surface area contributed by atoms with Crippen LogP contribution in [0.5, 0.6) is 5.75 Å². The molecule has 2 heterocycles. The SMILES string of the molecule is CC(C)Oc1ccc(CNC(=O)C2CCCN(Cc3nc(-c4ccc(C(C)(C)C)cc4)no3)C2)cc1. The van der Waals surface area contributed by atoms with E-state index >= 15 is 0 Å². The number of hydrogen-bond acceptors (Lipinski definition) is 6. The lowest BCUT2D eigenvalue weighted by molar-refractivity contribution is -0.127. The molecule has 7 heteroatoms. The Morgan fingerprint density at radius 1 is 1.14 bits per heavy atom. The van der Waals surface area contributed by atoms with E-state index in [1.54, 1.807) is 0 Å². The molecule has 1 unspecified atom stereocenters. The monoisotopic (exact) mass is 490 g/mol. The quantitative estimate of drug-likeness (QED) is 0.459. The summed E-state index contributed by atoms with van der Waals surface area (Å²) in [4.78, 5) is 19.7. The summed E-state index contributed by atoms with van der Waals surface area (Å²) in [5.41, 5.74) is 3.37. The van der Waals surface area contributed by atoms with E-state index in [-0.39, 0.29) is 23.3 Å². The van der Waals surface area contributed by atoms with Crippen molar-refractivity contribution in [3.63, 3.8) is 0 Å². The molecule has 0 saturated carbocycles. The maximum Gasteiger partial charge on any atom is 0.241 e. The van der Waals surface area contributed by atoms with Crippen LogP contribution in [0.25, 0.3) is 11.4 Å². The molecule has 1 N–H and O–H groups in total. The van der Waals surface area contributed by atoms with Gasteiger partial charge < -0.3 is 14.6 Å². The van der Waals surface area contributed by atoms with Gasteiger partial charge in [0, 0.05) is 18.7 Å². The molecule has 7 nitrogen and oxygen atoms in total. The Balaban J connectivity index is 1.28. The third-order valence-electron chi connectivity index (χ3n) is 6.47. The number of aromatic nitrogens is 2. The molecular weight excluding hydrogens is 452 g/mol. The zero-order chi connectivity index (χ0) is 25.7. The van der Waals surface area contributed by atoms with E-state index in [0.29, 0.717) is 31.3 Å². The van der Waals surface area contributed by atoms with Gasteiger partial charge in [-0.1, -0.05) is 62.3 Å². The van der Waals surface area contributed by atoms with Crippen LogP contribution in [0.15, 0.2) is 53.1 Å². The van der Waals surface area contributed by atoms with E-state index in [9.17, 15) is 4.79 Å². The molecule has 1 fully saturated rings. The van der Waals surface area contributed by atoms with Crippen molar-refractivity contribution in [1.29, 1.82) is 0 Å². The Bertz CT molecular complexity index is 1130. The molecule has 1 aliphatic heterocycles. The number of nitrogens with zero attached hydrogens (tertiary/aromatic N) is 3. The van der Waals surface area contributed by atoms with E-state index < -0.39 is 0 Å². The standard InChI is InChI=1S/C29H38N4O3/c1-20(2)35-25-14-8-21(9-15-25)17-30-28(34)23-7-6-16-33(18-23)19-26-31-27(32-36-26)22-10-12-24(13-11-22)29(3,4)5/h8-15,20,23H,6-7,16-19H2,1-5H3,(H,30,34). The van der Waals surface area contributed by atoms with Crippen LogP contribution in [-0.4, -0.2) is 40.1 Å². The molecule has 4 rings (SSSR count). The van der Waals surface area contributed by atoms with Crippen molar-refractivity contribution in [1.82, 2.24) is 20.4 Å². The first-order chi connectivity index (χ1) is 17.2. The second-order valence-corrected chi connectivity index (χ2v) is 10.9. The molecule has 192 valence electrons. The average Bonchev–Trinajstić information content (AvgIpc) is 3.31. The molecule has 1 amide bonds. The van der Waals surface area contributed by atoms with Crippen LogP contribution >= 0.6 is 0 Å². The third-order valence-corrected chi connectivity index (χ3v) is 6.47. The first-order valence-corrected chi connectivity index (χ1v) is 12.9. The lowest BCUT2D eigenvalue weighted by atomic mass is 9.87. The summed E-state index contributed by atoms with van der Waals surface area (Å²) in [5.74, 6) is 2.06. The summed E-state index contributed by atoms with van der Waals surface area (Å²) in [6, 6.07) is 16.2. The molecule has 0 spiro atoms. The number of amides is 1. The van der Waals surface area contributed by atoms with Gasteiger partial charge in [-0.15, -0.1) is 0 Å². The summed E-state index contributed by atoms with van der Waals surface area (Å²) >= 11 is 0. The second-order valence-electron chi connectivity index (χ2n) is 10.9. The van der Waals surface area contributed by atoms with Gasteiger partial charge in [0.05, 0.1) is 18.6 Å². The first-order valence-electron chi connectivity index (χ1n) is 12.9. The first kappa shape index (κ1) is 25.9. The Kier molecular flexibility index (Phi) is 8.09. The molecule has 1 aliphatic rings. The number of carbonyl (C=O) groups is 1. The summed E-state index contributed by atoms with van der Waals surface area (Å²) in [7, 11) is 0. The maximum atomic E-state index is 12.9. The molecule has 0 bridgehead atoms. The third kappa shape index (κ3) is 6.94. The van der Waals surface area contributed by atoms with Crippen LogP contribution in [0, 0.1) is 5.92 Å². The normalized spacial score (nSPS) is 16.8. The predicted molar refractivity (Wildman–Crippen MR) is 140 cm³/mol. The van der Waals surface area contributed by atoms with Gasteiger partial charge in [-0.2, -0.15) is 4.98 Å². The van der Waals surface area contributed by atoms with Gasteiger partial charge in [-0.3, -0.25) is 9.69 Å². The number of ether oxygens (including phenoxy) is 1. The van der Waals surface area contributed by atoms with Gasteiger partial charge in [0.15, 0.2) is 0 Å². The van der Waals surface area contributed by atoms with Crippen molar-refractivity contribution in [3.05, 3.63) is 65.5 Å². The van der Waals surface area contributed by atoms with E-state index in [0.717, 1.165) is 36.3 Å². The van der Waals surface area contributed by atoms with Crippen molar-refractivity contribution >= 4 is 5.91 Å². The number of piperidine rings is 1. The van der Waals surface area contributed by atoms with Gasteiger partial charge in [0.2, 0.25) is 17.6 Å². The summed E-state index contributed by atoms with van der Waals surface area (Å²) in [6.45, 7) is 13.3. The Labute approximate surface area is 214 Å². The molecule has 1 saturated heterocycles. The fourth-order valence-corrected chi connectivity index (χ4v) is 4.45.